The van der Waals surface area contributed by atoms with Gasteiger partial charge in [-0.15, -0.1) is 0 Å². The molecular formula is C24H21Cl2N3O2. The number of aliphatic hydroxyl groups is 1. The Hall–Kier alpha value is -3.04. The molecular weight excluding hydrogens is 433 g/mol. The number of amides is 2. The molecule has 0 bridgehead atoms. The van der Waals surface area contributed by atoms with Gasteiger partial charge in [0.05, 0.1) is 23.8 Å². The van der Waals surface area contributed by atoms with Gasteiger partial charge in [0.15, 0.2) is 0 Å². The molecule has 5 nitrogen and oxygen atoms in total. The van der Waals surface area contributed by atoms with Crippen LogP contribution in [0.5, 0.6) is 0 Å². The van der Waals surface area contributed by atoms with Crippen LogP contribution in [0, 0.1) is 11.3 Å². The number of hydrogen-bond acceptors (Lipinski definition) is 3. The molecule has 3 aromatic carbocycles. The fourth-order valence-corrected chi connectivity index (χ4v) is 3.59. The first-order chi connectivity index (χ1) is 14.9. The SMILES string of the molecule is CCC(C(O)c1cccc(C#N)c1)N(C(=O)Nc1ccc(Cl)cc1)c1ccc(Cl)cc1. The highest BCUT2D eigenvalue weighted by Crippen LogP contribution is 2.30. The van der Waals surface area contributed by atoms with E-state index in [2.05, 4.69) is 11.4 Å². The molecule has 0 radical (unpaired) electrons. The molecule has 2 atom stereocenters. The second-order valence-electron chi connectivity index (χ2n) is 6.94. The normalized spacial score (nSPS) is 12.5. The Bertz CT molecular complexity index is 1080. The summed E-state index contributed by atoms with van der Waals surface area (Å²) in [7, 11) is 0. The molecule has 3 rings (SSSR count). The molecule has 0 aliphatic heterocycles. The van der Waals surface area contributed by atoms with Crippen LogP contribution >= 0.6 is 23.2 Å². The van der Waals surface area contributed by atoms with Crippen molar-refractivity contribution >= 4 is 40.6 Å². The van der Waals surface area contributed by atoms with Crippen molar-refractivity contribution in [1.29, 1.82) is 5.26 Å². The molecule has 2 unspecified atom stereocenters. The topological polar surface area (TPSA) is 76.4 Å². The molecule has 2 N–H and O–H groups in total. The number of nitrogens with zero attached hydrogens (tertiary/aromatic N) is 2. The van der Waals surface area contributed by atoms with Gasteiger partial charge >= 0.3 is 6.03 Å². The molecule has 0 heterocycles. The van der Waals surface area contributed by atoms with Gasteiger partial charge in [-0.2, -0.15) is 5.26 Å². The van der Waals surface area contributed by atoms with Gasteiger partial charge in [-0.25, -0.2) is 4.79 Å². The summed E-state index contributed by atoms with van der Waals surface area (Å²) in [6, 6.07) is 21.4. The van der Waals surface area contributed by atoms with E-state index >= 15 is 0 Å². The fraction of sp³-hybridized carbons (Fsp3) is 0.167. The van der Waals surface area contributed by atoms with Gasteiger partial charge in [-0.1, -0.05) is 42.3 Å². The number of nitrogens with one attached hydrogen (secondary N) is 1. The maximum Gasteiger partial charge on any atom is 0.326 e. The highest BCUT2D eigenvalue weighted by atomic mass is 35.5. The van der Waals surface area contributed by atoms with Crippen LogP contribution in [0.15, 0.2) is 72.8 Å². The third kappa shape index (κ3) is 5.56. The predicted molar refractivity (Wildman–Crippen MR) is 125 cm³/mol. The summed E-state index contributed by atoms with van der Waals surface area (Å²) in [4.78, 5) is 14.8. The number of urea groups is 1. The minimum Gasteiger partial charge on any atom is -0.386 e. The summed E-state index contributed by atoms with van der Waals surface area (Å²) in [6.07, 6.45) is -0.542. The first kappa shape index (κ1) is 22.6. The van der Waals surface area contributed by atoms with Gasteiger partial charge in [0, 0.05) is 21.4 Å². The van der Waals surface area contributed by atoms with Crippen LogP contribution in [-0.4, -0.2) is 17.2 Å². The number of hydrogen-bond donors (Lipinski definition) is 2. The maximum absolute atomic E-state index is 13.3. The van der Waals surface area contributed by atoms with Gasteiger partial charge < -0.3 is 10.4 Å². The van der Waals surface area contributed by atoms with Gasteiger partial charge in [0.1, 0.15) is 0 Å². The van der Waals surface area contributed by atoms with Crippen LogP contribution in [0.4, 0.5) is 16.2 Å². The van der Waals surface area contributed by atoms with Crippen LogP contribution in [-0.2, 0) is 0 Å². The van der Waals surface area contributed by atoms with Crippen LogP contribution in [0.1, 0.15) is 30.6 Å². The molecule has 0 saturated heterocycles. The van der Waals surface area contributed by atoms with Gasteiger partial charge in [0.2, 0.25) is 0 Å². The summed E-state index contributed by atoms with van der Waals surface area (Å²) in [6.45, 7) is 1.89. The molecule has 0 aromatic heterocycles. The largest absolute Gasteiger partial charge is 0.386 e. The number of halogens is 2. The van der Waals surface area contributed by atoms with Crippen molar-refractivity contribution in [2.45, 2.75) is 25.5 Å². The van der Waals surface area contributed by atoms with E-state index in [0.717, 1.165) is 0 Å². The summed E-state index contributed by atoms with van der Waals surface area (Å²) in [5.41, 5.74) is 2.15. The first-order valence-corrected chi connectivity index (χ1v) is 10.5. The fourth-order valence-electron chi connectivity index (χ4n) is 3.34. The minimum atomic E-state index is -1.01. The number of carbonyl (C=O) groups is 1. The zero-order valence-corrected chi connectivity index (χ0v) is 18.3. The van der Waals surface area contributed by atoms with Crippen molar-refractivity contribution in [2.24, 2.45) is 0 Å². The minimum absolute atomic E-state index is 0.410. The standard InChI is InChI=1S/C24H21Cl2N3O2/c1-2-22(23(30)17-5-3-4-16(14-17)15-27)29(21-12-8-19(26)9-13-21)24(31)28-20-10-6-18(25)7-11-20/h3-14,22-23,30H,2H2,1H3,(H,28,31). The van der Waals surface area contributed by atoms with Crippen molar-refractivity contribution in [3.63, 3.8) is 0 Å². The highest BCUT2D eigenvalue weighted by molar-refractivity contribution is 6.31. The van der Waals surface area contributed by atoms with Gasteiger partial charge in [-0.05, 0) is 72.6 Å². The zero-order valence-electron chi connectivity index (χ0n) is 16.8. The van der Waals surface area contributed by atoms with Crippen molar-refractivity contribution < 1.29 is 9.90 Å². The highest BCUT2D eigenvalue weighted by Gasteiger charge is 2.31. The van der Waals surface area contributed by atoms with E-state index in [-0.39, 0.29) is 0 Å². The van der Waals surface area contributed by atoms with Gasteiger partial charge in [-0.3, -0.25) is 4.90 Å². The third-order valence-electron chi connectivity index (χ3n) is 4.89. The average molecular weight is 454 g/mol. The number of carbonyl (C=O) groups excluding carboxylic acids is 1. The second-order valence-corrected chi connectivity index (χ2v) is 7.81. The lowest BCUT2D eigenvalue weighted by molar-refractivity contribution is 0.141. The van der Waals surface area contributed by atoms with E-state index < -0.39 is 18.2 Å². The van der Waals surface area contributed by atoms with E-state index in [4.69, 9.17) is 23.2 Å². The Balaban J connectivity index is 1.98. The summed E-state index contributed by atoms with van der Waals surface area (Å²) in [5, 5.41) is 24.3. The summed E-state index contributed by atoms with van der Waals surface area (Å²) >= 11 is 12.0. The Morgan fingerprint density at radius 1 is 1.06 bits per heavy atom. The average Bonchev–Trinajstić information content (AvgIpc) is 2.79. The summed E-state index contributed by atoms with van der Waals surface area (Å²) in [5.74, 6) is 0. The Labute approximate surface area is 191 Å². The lowest BCUT2D eigenvalue weighted by Crippen LogP contribution is -2.46. The molecule has 0 fully saturated rings. The predicted octanol–water partition coefficient (Wildman–Crippen LogP) is 6.42. The van der Waals surface area contributed by atoms with Crippen LogP contribution in [0.2, 0.25) is 10.0 Å². The maximum atomic E-state index is 13.3. The van der Waals surface area contributed by atoms with E-state index in [1.165, 1.54) is 4.90 Å². The second kappa shape index (κ2) is 10.3. The van der Waals surface area contributed by atoms with Crippen LogP contribution in [0.3, 0.4) is 0 Å². The number of rotatable bonds is 6. The Kier molecular flexibility index (Phi) is 7.54. The molecule has 2 amide bonds. The lowest BCUT2D eigenvalue weighted by Gasteiger charge is -2.34. The molecule has 31 heavy (non-hydrogen) atoms. The molecule has 7 heteroatoms. The van der Waals surface area contributed by atoms with Gasteiger partial charge in [0.25, 0.3) is 0 Å². The molecule has 158 valence electrons. The number of benzene rings is 3. The van der Waals surface area contributed by atoms with Crippen LogP contribution in [0.25, 0.3) is 0 Å². The molecule has 0 saturated carbocycles. The quantitative estimate of drug-likeness (QED) is 0.452. The van der Waals surface area contributed by atoms with Crippen LogP contribution < -0.4 is 10.2 Å². The van der Waals surface area contributed by atoms with Crippen molar-refractivity contribution in [1.82, 2.24) is 0 Å². The zero-order chi connectivity index (χ0) is 22.4. The van der Waals surface area contributed by atoms with E-state index in [1.54, 1.807) is 72.8 Å². The smallest absolute Gasteiger partial charge is 0.326 e. The number of aliphatic hydroxyl groups excluding tert-OH is 1. The third-order valence-corrected chi connectivity index (χ3v) is 5.39. The van der Waals surface area contributed by atoms with Crippen molar-refractivity contribution in [2.75, 3.05) is 10.2 Å². The number of nitriles is 1. The Morgan fingerprint density at radius 3 is 2.26 bits per heavy atom. The first-order valence-electron chi connectivity index (χ1n) is 9.72. The summed E-state index contributed by atoms with van der Waals surface area (Å²) < 4.78 is 0. The lowest BCUT2D eigenvalue weighted by atomic mass is 9.97. The van der Waals surface area contributed by atoms with Crippen molar-refractivity contribution in [3.05, 3.63) is 94.0 Å². The van der Waals surface area contributed by atoms with E-state index in [0.29, 0.717) is 39.0 Å². The van der Waals surface area contributed by atoms with E-state index in [1.807, 2.05) is 6.92 Å². The van der Waals surface area contributed by atoms with E-state index in [9.17, 15) is 15.2 Å². The van der Waals surface area contributed by atoms with Crippen molar-refractivity contribution in [3.8, 4) is 6.07 Å². The molecule has 0 spiro atoms. The monoisotopic (exact) mass is 453 g/mol. The molecule has 0 aliphatic rings. The number of anilines is 2. The molecule has 0 aliphatic carbocycles. The molecule has 3 aromatic rings. The Morgan fingerprint density at radius 2 is 1.68 bits per heavy atom.